The second kappa shape index (κ2) is 8.83. The van der Waals surface area contributed by atoms with Gasteiger partial charge in [0.05, 0.1) is 5.39 Å². The summed E-state index contributed by atoms with van der Waals surface area (Å²) in [4.78, 5) is 25.9. The Bertz CT molecular complexity index is 1050. The van der Waals surface area contributed by atoms with E-state index in [9.17, 15) is 9.59 Å². The number of hydrogen-bond acceptors (Lipinski definition) is 3. The van der Waals surface area contributed by atoms with Crippen molar-refractivity contribution < 1.29 is 4.79 Å². The fourth-order valence-electron chi connectivity index (χ4n) is 3.44. The molecule has 1 N–H and O–H groups in total. The van der Waals surface area contributed by atoms with Gasteiger partial charge >= 0.3 is 0 Å². The SMILES string of the molecule is CCCCCn1nc(C(=O)Nc2c(C)cccc2CC)c2ccccc2c1=O. The number of nitrogens with zero attached hydrogens (tertiary/aromatic N) is 2. The second-order valence-corrected chi connectivity index (χ2v) is 7.05. The van der Waals surface area contributed by atoms with E-state index >= 15 is 0 Å². The summed E-state index contributed by atoms with van der Waals surface area (Å²) in [6, 6.07) is 13.2. The number of aryl methyl sites for hydroxylation is 3. The molecule has 1 amide bonds. The number of rotatable bonds is 7. The van der Waals surface area contributed by atoms with E-state index in [4.69, 9.17) is 0 Å². The number of carbonyl (C=O) groups excluding carboxylic acids is 1. The molecule has 0 unspecified atom stereocenters. The first-order chi connectivity index (χ1) is 13.6. The number of aromatic nitrogens is 2. The van der Waals surface area contributed by atoms with Crippen LogP contribution in [0.25, 0.3) is 10.8 Å². The monoisotopic (exact) mass is 377 g/mol. The van der Waals surface area contributed by atoms with Gasteiger partial charge in [-0.15, -0.1) is 0 Å². The molecule has 1 aromatic heterocycles. The average Bonchev–Trinajstić information content (AvgIpc) is 2.71. The Kier molecular flexibility index (Phi) is 6.24. The number of fused-ring (bicyclic) bond motifs is 1. The largest absolute Gasteiger partial charge is 0.320 e. The van der Waals surface area contributed by atoms with Crippen LogP contribution in [0.2, 0.25) is 0 Å². The lowest BCUT2D eigenvalue weighted by Crippen LogP contribution is -2.28. The molecular weight excluding hydrogens is 350 g/mol. The average molecular weight is 377 g/mol. The second-order valence-electron chi connectivity index (χ2n) is 7.05. The maximum Gasteiger partial charge on any atom is 0.276 e. The maximum absolute atomic E-state index is 13.2. The Morgan fingerprint density at radius 3 is 2.50 bits per heavy atom. The molecule has 5 heteroatoms. The van der Waals surface area contributed by atoms with Crippen molar-refractivity contribution in [1.29, 1.82) is 0 Å². The van der Waals surface area contributed by atoms with Crippen molar-refractivity contribution >= 4 is 22.4 Å². The normalized spacial score (nSPS) is 11.0. The zero-order valence-electron chi connectivity index (χ0n) is 16.8. The van der Waals surface area contributed by atoms with Crippen LogP contribution in [0.15, 0.2) is 47.3 Å². The minimum absolute atomic E-state index is 0.145. The molecule has 5 nitrogen and oxygen atoms in total. The highest BCUT2D eigenvalue weighted by atomic mass is 16.2. The quantitative estimate of drug-likeness (QED) is 0.607. The highest BCUT2D eigenvalue weighted by Gasteiger charge is 2.18. The van der Waals surface area contributed by atoms with Crippen LogP contribution in [0.1, 0.15) is 54.7 Å². The summed E-state index contributed by atoms with van der Waals surface area (Å²) in [5.74, 6) is -0.288. The van der Waals surface area contributed by atoms with Crippen LogP contribution in [0.4, 0.5) is 5.69 Å². The molecular formula is C23H27N3O2. The highest BCUT2D eigenvalue weighted by molar-refractivity contribution is 6.11. The number of unbranched alkanes of at least 4 members (excludes halogenated alkanes) is 2. The standard InChI is InChI=1S/C23H27N3O2/c1-4-6-9-15-26-23(28)19-14-8-7-13-18(19)21(25-26)22(27)24-20-16(3)11-10-12-17(20)5-2/h7-8,10-14H,4-6,9,15H2,1-3H3,(H,24,27). The third-order valence-corrected chi connectivity index (χ3v) is 5.03. The number of benzene rings is 2. The smallest absolute Gasteiger partial charge is 0.276 e. The van der Waals surface area contributed by atoms with Gasteiger partial charge in [-0.3, -0.25) is 9.59 Å². The Balaban J connectivity index is 2.05. The lowest BCUT2D eigenvalue weighted by atomic mass is 10.1. The van der Waals surface area contributed by atoms with Gasteiger partial charge in [0, 0.05) is 17.6 Å². The lowest BCUT2D eigenvalue weighted by molar-refractivity contribution is 0.102. The zero-order valence-corrected chi connectivity index (χ0v) is 16.8. The van der Waals surface area contributed by atoms with Gasteiger partial charge in [0.25, 0.3) is 11.5 Å². The highest BCUT2D eigenvalue weighted by Crippen LogP contribution is 2.23. The number of anilines is 1. The summed E-state index contributed by atoms with van der Waals surface area (Å²) < 4.78 is 1.44. The van der Waals surface area contributed by atoms with Crippen LogP contribution in [-0.4, -0.2) is 15.7 Å². The number of carbonyl (C=O) groups is 1. The molecule has 0 aliphatic carbocycles. The van der Waals surface area contributed by atoms with E-state index in [0.717, 1.165) is 42.5 Å². The fraction of sp³-hybridized carbons (Fsp3) is 0.348. The van der Waals surface area contributed by atoms with Crippen LogP contribution < -0.4 is 10.9 Å². The third-order valence-electron chi connectivity index (χ3n) is 5.03. The van der Waals surface area contributed by atoms with E-state index in [1.807, 2.05) is 37.3 Å². The van der Waals surface area contributed by atoms with Crippen molar-refractivity contribution in [3.8, 4) is 0 Å². The molecule has 0 aliphatic heterocycles. The summed E-state index contributed by atoms with van der Waals surface area (Å²) in [5, 5.41) is 8.59. The molecule has 0 radical (unpaired) electrons. The van der Waals surface area contributed by atoms with Crippen molar-refractivity contribution in [2.75, 3.05) is 5.32 Å². The van der Waals surface area contributed by atoms with Gasteiger partial charge < -0.3 is 5.32 Å². The molecule has 2 aromatic carbocycles. The van der Waals surface area contributed by atoms with Crippen LogP contribution in [0.5, 0.6) is 0 Å². The van der Waals surface area contributed by atoms with E-state index in [1.54, 1.807) is 12.1 Å². The third kappa shape index (κ3) is 3.98. The summed E-state index contributed by atoms with van der Waals surface area (Å²) in [7, 11) is 0. The van der Waals surface area contributed by atoms with E-state index in [-0.39, 0.29) is 17.2 Å². The summed E-state index contributed by atoms with van der Waals surface area (Å²) in [6.45, 7) is 6.67. The number of para-hydroxylation sites is 1. The molecule has 1 heterocycles. The van der Waals surface area contributed by atoms with E-state index in [1.165, 1.54) is 4.68 Å². The van der Waals surface area contributed by atoms with Crippen LogP contribution in [0.3, 0.4) is 0 Å². The van der Waals surface area contributed by atoms with Crippen molar-refractivity contribution in [3.63, 3.8) is 0 Å². The summed E-state index contributed by atoms with van der Waals surface area (Å²) in [5.41, 5.74) is 3.05. The fourth-order valence-corrected chi connectivity index (χ4v) is 3.44. The van der Waals surface area contributed by atoms with Crippen LogP contribution in [-0.2, 0) is 13.0 Å². The summed E-state index contributed by atoms with van der Waals surface area (Å²) >= 11 is 0. The number of nitrogens with one attached hydrogen (secondary N) is 1. The predicted molar refractivity (Wildman–Crippen MR) is 114 cm³/mol. The van der Waals surface area contributed by atoms with Gasteiger partial charge in [-0.1, -0.05) is 63.1 Å². The molecule has 3 rings (SSSR count). The molecule has 0 atom stereocenters. The van der Waals surface area contributed by atoms with Crippen molar-refractivity contribution in [2.45, 2.75) is 53.0 Å². The maximum atomic E-state index is 13.2. The van der Waals surface area contributed by atoms with E-state index in [2.05, 4.69) is 24.3 Å². The molecule has 0 aliphatic rings. The topological polar surface area (TPSA) is 64.0 Å². The predicted octanol–water partition coefficient (Wildman–Crippen LogP) is 4.71. The molecule has 0 fully saturated rings. The first-order valence-electron chi connectivity index (χ1n) is 9.96. The van der Waals surface area contributed by atoms with Gasteiger partial charge in [-0.2, -0.15) is 5.10 Å². The Labute approximate surface area is 165 Å². The van der Waals surface area contributed by atoms with Gasteiger partial charge in [-0.25, -0.2) is 4.68 Å². The van der Waals surface area contributed by atoms with Crippen molar-refractivity contribution in [3.05, 3.63) is 69.6 Å². The molecule has 0 bridgehead atoms. The number of amides is 1. The van der Waals surface area contributed by atoms with Gasteiger partial charge in [-0.05, 0) is 37.0 Å². The Hall–Kier alpha value is -2.95. The molecule has 146 valence electrons. The molecule has 0 saturated heterocycles. The van der Waals surface area contributed by atoms with Gasteiger partial charge in [0.2, 0.25) is 0 Å². The van der Waals surface area contributed by atoms with E-state index in [0.29, 0.717) is 17.3 Å². The molecule has 28 heavy (non-hydrogen) atoms. The first-order valence-corrected chi connectivity index (χ1v) is 9.96. The van der Waals surface area contributed by atoms with Crippen molar-refractivity contribution in [2.24, 2.45) is 0 Å². The van der Waals surface area contributed by atoms with Crippen molar-refractivity contribution in [1.82, 2.24) is 9.78 Å². The van der Waals surface area contributed by atoms with Crippen LogP contribution in [0, 0.1) is 6.92 Å². The van der Waals surface area contributed by atoms with E-state index < -0.39 is 0 Å². The molecule has 0 saturated carbocycles. The van der Waals surface area contributed by atoms with Gasteiger partial charge in [0.1, 0.15) is 0 Å². The Morgan fingerprint density at radius 1 is 1.04 bits per heavy atom. The van der Waals surface area contributed by atoms with Gasteiger partial charge in [0.15, 0.2) is 5.69 Å². The minimum Gasteiger partial charge on any atom is -0.320 e. The molecule has 3 aromatic rings. The number of hydrogen-bond donors (Lipinski definition) is 1. The molecule has 0 spiro atoms. The first kappa shape index (κ1) is 19.8. The summed E-state index contributed by atoms with van der Waals surface area (Å²) in [6.07, 6.45) is 3.76. The van der Waals surface area contributed by atoms with Crippen LogP contribution >= 0.6 is 0 Å². The lowest BCUT2D eigenvalue weighted by Gasteiger charge is -2.14. The Morgan fingerprint density at radius 2 is 1.79 bits per heavy atom. The minimum atomic E-state index is -0.288. The zero-order chi connectivity index (χ0) is 20.1.